The van der Waals surface area contributed by atoms with Crippen molar-refractivity contribution >= 4 is 5.91 Å². The maximum absolute atomic E-state index is 11.7. The zero-order valence-electron chi connectivity index (χ0n) is 9.89. The molecular weight excluding hydrogens is 202 g/mol. The predicted molar refractivity (Wildman–Crippen MR) is 63.8 cm³/mol. The van der Waals surface area contributed by atoms with E-state index in [4.69, 9.17) is 5.73 Å². The van der Waals surface area contributed by atoms with E-state index in [1.807, 2.05) is 19.1 Å². The maximum Gasteiger partial charge on any atom is 0.239 e. The number of aromatic nitrogens is 1. The first-order chi connectivity index (χ1) is 7.65. The first-order valence-electron chi connectivity index (χ1n) is 5.54. The largest absolute Gasteiger partial charge is 0.344 e. The third-order valence-electron chi connectivity index (χ3n) is 2.62. The molecule has 0 spiro atoms. The van der Waals surface area contributed by atoms with E-state index in [0.717, 1.165) is 6.42 Å². The molecule has 1 atom stereocenters. The van der Waals surface area contributed by atoms with E-state index in [-0.39, 0.29) is 11.9 Å². The SMILES string of the molecule is CC[C@@H](N)C(=O)N(C)CCc1ccncc1. The van der Waals surface area contributed by atoms with E-state index < -0.39 is 0 Å². The smallest absolute Gasteiger partial charge is 0.239 e. The molecule has 0 saturated heterocycles. The van der Waals surface area contributed by atoms with Crippen LogP contribution in [-0.4, -0.2) is 35.4 Å². The second kappa shape index (κ2) is 6.23. The Morgan fingerprint density at radius 2 is 2.12 bits per heavy atom. The number of hydrogen-bond acceptors (Lipinski definition) is 3. The molecule has 1 aromatic heterocycles. The van der Waals surface area contributed by atoms with Crippen LogP contribution in [0.1, 0.15) is 18.9 Å². The van der Waals surface area contributed by atoms with E-state index in [1.165, 1.54) is 5.56 Å². The Morgan fingerprint density at radius 3 is 2.69 bits per heavy atom. The van der Waals surface area contributed by atoms with Gasteiger partial charge in [-0.25, -0.2) is 0 Å². The summed E-state index contributed by atoms with van der Waals surface area (Å²) in [6, 6.07) is 3.54. The van der Waals surface area contributed by atoms with Gasteiger partial charge in [0.15, 0.2) is 0 Å². The van der Waals surface area contributed by atoms with Crippen LogP contribution in [0.25, 0.3) is 0 Å². The highest BCUT2D eigenvalue weighted by atomic mass is 16.2. The minimum atomic E-state index is -0.373. The molecule has 1 heterocycles. The van der Waals surface area contributed by atoms with Gasteiger partial charge in [-0.1, -0.05) is 6.92 Å². The molecule has 0 saturated carbocycles. The van der Waals surface area contributed by atoms with Gasteiger partial charge < -0.3 is 10.6 Å². The Labute approximate surface area is 96.5 Å². The van der Waals surface area contributed by atoms with Gasteiger partial charge in [-0.3, -0.25) is 9.78 Å². The van der Waals surface area contributed by atoms with E-state index in [0.29, 0.717) is 13.0 Å². The lowest BCUT2D eigenvalue weighted by Gasteiger charge is -2.20. The summed E-state index contributed by atoms with van der Waals surface area (Å²) in [6.07, 6.45) is 5.03. The number of carbonyl (C=O) groups excluding carboxylic acids is 1. The predicted octanol–water partition coefficient (Wildman–Crippen LogP) is 0.820. The van der Waals surface area contributed by atoms with Crippen molar-refractivity contribution in [3.63, 3.8) is 0 Å². The van der Waals surface area contributed by atoms with E-state index in [1.54, 1.807) is 24.3 Å². The molecule has 16 heavy (non-hydrogen) atoms. The van der Waals surface area contributed by atoms with Crippen LogP contribution in [0, 0.1) is 0 Å². The number of amides is 1. The van der Waals surface area contributed by atoms with Gasteiger partial charge in [0.05, 0.1) is 6.04 Å². The molecule has 0 fully saturated rings. The monoisotopic (exact) mass is 221 g/mol. The van der Waals surface area contributed by atoms with Crippen LogP contribution in [0.4, 0.5) is 0 Å². The van der Waals surface area contributed by atoms with Gasteiger partial charge in [0.2, 0.25) is 5.91 Å². The van der Waals surface area contributed by atoms with Gasteiger partial charge in [-0.05, 0) is 30.5 Å². The quantitative estimate of drug-likeness (QED) is 0.800. The number of rotatable bonds is 5. The van der Waals surface area contributed by atoms with Crippen molar-refractivity contribution in [1.82, 2.24) is 9.88 Å². The molecule has 88 valence electrons. The molecule has 0 aromatic carbocycles. The number of carbonyl (C=O) groups is 1. The standard InChI is InChI=1S/C12H19N3O/c1-3-11(13)12(16)15(2)9-6-10-4-7-14-8-5-10/h4-5,7-8,11H,3,6,9,13H2,1-2H3/t11-/m1/s1. The highest BCUT2D eigenvalue weighted by Gasteiger charge is 2.15. The van der Waals surface area contributed by atoms with Gasteiger partial charge in [-0.2, -0.15) is 0 Å². The Balaban J connectivity index is 2.41. The summed E-state index contributed by atoms with van der Waals surface area (Å²) in [4.78, 5) is 17.3. The number of nitrogens with zero attached hydrogens (tertiary/aromatic N) is 2. The van der Waals surface area contributed by atoms with E-state index >= 15 is 0 Å². The van der Waals surface area contributed by atoms with Crippen molar-refractivity contribution in [2.45, 2.75) is 25.8 Å². The van der Waals surface area contributed by atoms with E-state index in [2.05, 4.69) is 4.98 Å². The number of pyridine rings is 1. The summed E-state index contributed by atoms with van der Waals surface area (Å²) >= 11 is 0. The molecule has 0 aliphatic carbocycles. The zero-order valence-corrected chi connectivity index (χ0v) is 9.89. The van der Waals surface area contributed by atoms with Crippen LogP contribution in [0.15, 0.2) is 24.5 Å². The Kier molecular flexibility index (Phi) is 4.92. The normalized spacial score (nSPS) is 12.2. The average Bonchev–Trinajstić information content (AvgIpc) is 2.35. The third-order valence-corrected chi connectivity index (χ3v) is 2.62. The lowest BCUT2D eigenvalue weighted by molar-refractivity contribution is -0.131. The average molecular weight is 221 g/mol. The number of likely N-dealkylation sites (N-methyl/N-ethyl adjacent to an activating group) is 1. The molecule has 0 unspecified atom stereocenters. The fraction of sp³-hybridized carbons (Fsp3) is 0.500. The summed E-state index contributed by atoms with van der Waals surface area (Å²) in [6.45, 7) is 2.61. The maximum atomic E-state index is 11.7. The molecule has 0 radical (unpaired) electrons. The summed E-state index contributed by atoms with van der Waals surface area (Å²) in [7, 11) is 1.79. The number of nitrogens with two attached hydrogens (primary N) is 1. The van der Waals surface area contributed by atoms with Gasteiger partial charge in [0, 0.05) is 26.0 Å². The van der Waals surface area contributed by atoms with Crippen LogP contribution in [0.5, 0.6) is 0 Å². The Hall–Kier alpha value is -1.42. The van der Waals surface area contributed by atoms with Gasteiger partial charge in [0.1, 0.15) is 0 Å². The molecule has 0 aliphatic heterocycles. The van der Waals surface area contributed by atoms with E-state index in [9.17, 15) is 4.79 Å². The van der Waals surface area contributed by atoms with Crippen LogP contribution < -0.4 is 5.73 Å². The molecular formula is C12H19N3O. The van der Waals surface area contributed by atoms with Crippen LogP contribution in [-0.2, 0) is 11.2 Å². The highest BCUT2D eigenvalue weighted by molar-refractivity contribution is 5.81. The molecule has 1 aromatic rings. The second-order valence-electron chi connectivity index (χ2n) is 3.88. The van der Waals surface area contributed by atoms with Crippen molar-refractivity contribution in [1.29, 1.82) is 0 Å². The van der Waals surface area contributed by atoms with Gasteiger partial charge in [-0.15, -0.1) is 0 Å². The highest BCUT2D eigenvalue weighted by Crippen LogP contribution is 2.00. The van der Waals surface area contributed by atoms with Crippen LogP contribution in [0.3, 0.4) is 0 Å². The van der Waals surface area contributed by atoms with Crippen molar-refractivity contribution < 1.29 is 4.79 Å². The molecule has 4 heteroatoms. The summed E-state index contributed by atoms with van der Waals surface area (Å²) in [5.74, 6) is 0.0107. The van der Waals surface area contributed by atoms with Crippen molar-refractivity contribution in [2.75, 3.05) is 13.6 Å². The second-order valence-corrected chi connectivity index (χ2v) is 3.88. The Bertz CT molecular complexity index is 326. The summed E-state index contributed by atoms with van der Waals surface area (Å²) < 4.78 is 0. The molecule has 0 aliphatic rings. The van der Waals surface area contributed by atoms with Crippen LogP contribution in [0.2, 0.25) is 0 Å². The first-order valence-corrected chi connectivity index (χ1v) is 5.54. The van der Waals surface area contributed by atoms with Crippen LogP contribution >= 0.6 is 0 Å². The fourth-order valence-corrected chi connectivity index (χ4v) is 1.41. The molecule has 2 N–H and O–H groups in total. The Morgan fingerprint density at radius 1 is 1.50 bits per heavy atom. The fourth-order valence-electron chi connectivity index (χ4n) is 1.41. The lowest BCUT2D eigenvalue weighted by Crippen LogP contribution is -2.42. The first kappa shape index (κ1) is 12.6. The molecule has 1 rings (SSSR count). The van der Waals surface area contributed by atoms with Crippen molar-refractivity contribution in [2.24, 2.45) is 5.73 Å². The summed E-state index contributed by atoms with van der Waals surface area (Å²) in [5.41, 5.74) is 6.87. The lowest BCUT2D eigenvalue weighted by atomic mass is 10.1. The van der Waals surface area contributed by atoms with Gasteiger partial charge >= 0.3 is 0 Å². The third kappa shape index (κ3) is 3.62. The van der Waals surface area contributed by atoms with Crippen molar-refractivity contribution in [3.05, 3.63) is 30.1 Å². The minimum Gasteiger partial charge on any atom is -0.344 e. The molecule has 0 bridgehead atoms. The zero-order chi connectivity index (χ0) is 12.0. The van der Waals surface area contributed by atoms with Gasteiger partial charge in [0.25, 0.3) is 0 Å². The molecule has 1 amide bonds. The number of hydrogen-bond donors (Lipinski definition) is 1. The minimum absolute atomic E-state index is 0.0107. The van der Waals surface area contributed by atoms with Crippen molar-refractivity contribution in [3.8, 4) is 0 Å². The topological polar surface area (TPSA) is 59.2 Å². The summed E-state index contributed by atoms with van der Waals surface area (Å²) in [5, 5.41) is 0. The molecule has 4 nitrogen and oxygen atoms in total.